The van der Waals surface area contributed by atoms with Crippen molar-refractivity contribution in [3.8, 4) is 11.5 Å². The number of hydrogen-bond donors (Lipinski definition) is 0. The minimum atomic E-state index is -0.482. The molecule has 0 N–H and O–H groups in total. The molecule has 24 heavy (non-hydrogen) atoms. The van der Waals surface area contributed by atoms with E-state index in [0.717, 1.165) is 24.2 Å². The van der Waals surface area contributed by atoms with Crippen molar-refractivity contribution >= 4 is 22.8 Å². The quantitative estimate of drug-likeness (QED) is 0.689. The van der Waals surface area contributed by atoms with Crippen molar-refractivity contribution in [3.63, 3.8) is 0 Å². The Hall–Kier alpha value is -2.89. The second-order valence-electron chi connectivity index (χ2n) is 5.79. The summed E-state index contributed by atoms with van der Waals surface area (Å²) in [5.74, 6) is -0.0135. The van der Waals surface area contributed by atoms with Crippen LogP contribution >= 0.6 is 0 Å². The number of aromatic nitrogens is 2. The van der Waals surface area contributed by atoms with E-state index in [1.807, 2.05) is 6.07 Å². The van der Waals surface area contributed by atoms with E-state index in [0.29, 0.717) is 11.5 Å². The SMILES string of the molecule is COC(=O)c1cc(-c2nc3cc(N4CCCC4)ccc3o2)ccn1. The minimum Gasteiger partial charge on any atom is -0.464 e. The molecule has 1 saturated heterocycles. The molecule has 1 aromatic carbocycles. The lowest BCUT2D eigenvalue weighted by Gasteiger charge is -2.16. The van der Waals surface area contributed by atoms with E-state index in [4.69, 9.17) is 9.15 Å². The van der Waals surface area contributed by atoms with Gasteiger partial charge in [-0.15, -0.1) is 0 Å². The second kappa shape index (κ2) is 5.96. The third kappa shape index (κ3) is 2.60. The van der Waals surface area contributed by atoms with Gasteiger partial charge in [0.05, 0.1) is 7.11 Å². The molecular weight excluding hydrogens is 306 g/mol. The Morgan fingerprint density at radius 2 is 2.04 bits per heavy atom. The van der Waals surface area contributed by atoms with E-state index >= 15 is 0 Å². The summed E-state index contributed by atoms with van der Waals surface area (Å²) < 4.78 is 10.5. The lowest BCUT2D eigenvalue weighted by molar-refractivity contribution is 0.0594. The minimum absolute atomic E-state index is 0.231. The van der Waals surface area contributed by atoms with E-state index in [1.54, 1.807) is 18.3 Å². The fourth-order valence-corrected chi connectivity index (χ4v) is 2.99. The first-order valence-corrected chi connectivity index (χ1v) is 7.95. The Bertz CT molecular complexity index is 897. The van der Waals surface area contributed by atoms with Gasteiger partial charge in [-0.1, -0.05) is 0 Å². The van der Waals surface area contributed by atoms with Gasteiger partial charge >= 0.3 is 5.97 Å². The normalized spacial score (nSPS) is 14.3. The van der Waals surface area contributed by atoms with Crippen molar-refractivity contribution in [2.45, 2.75) is 12.8 Å². The molecule has 3 heterocycles. The molecule has 122 valence electrons. The second-order valence-corrected chi connectivity index (χ2v) is 5.79. The fraction of sp³-hybridized carbons (Fsp3) is 0.278. The number of oxazole rings is 1. The van der Waals surface area contributed by atoms with E-state index in [2.05, 4.69) is 27.0 Å². The Kier molecular flexibility index (Phi) is 3.65. The molecule has 4 rings (SSSR count). The third-order valence-electron chi connectivity index (χ3n) is 4.24. The molecular formula is C18H17N3O3. The predicted octanol–water partition coefficient (Wildman–Crippen LogP) is 3.28. The first kappa shape index (κ1) is 14.7. The molecule has 0 saturated carbocycles. The Morgan fingerprint density at radius 1 is 1.21 bits per heavy atom. The largest absolute Gasteiger partial charge is 0.464 e. The van der Waals surface area contributed by atoms with Crippen LogP contribution in [0.4, 0.5) is 5.69 Å². The van der Waals surface area contributed by atoms with Crippen LogP contribution in [0.25, 0.3) is 22.6 Å². The highest BCUT2D eigenvalue weighted by Gasteiger charge is 2.16. The fourth-order valence-electron chi connectivity index (χ4n) is 2.99. The maximum Gasteiger partial charge on any atom is 0.356 e. The zero-order valence-electron chi connectivity index (χ0n) is 13.4. The van der Waals surface area contributed by atoms with Crippen LogP contribution in [-0.2, 0) is 4.74 Å². The van der Waals surface area contributed by atoms with Crippen molar-refractivity contribution in [3.05, 3.63) is 42.2 Å². The molecule has 0 atom stereocenters. The van der Waals surface area contributed by atoms with Gasteiger partial charge in [-0.05, 0) is 43.2 Å². The molecule has 0 amide bonds. The average molecular weight is 323 g/mol. The van der Waals surface area contributed by atoms with Gasteiger partial charge in [-0.2, -0.15) is 0 Å². The topological polar surface area (TPSA) is 68.5 Å². The standard InChI is InChI=1S/C18H17N3O3/c1-23-18(22)15-10-12(6-7-19-15)17-20-14-11-13(4-5-16(14)24-17)21-8-2-3-9-21/h4-7,10-11H,2-3,8-9H2,1H3. The summed E-state index contributed by atoms with van der Waals surface area (Å²) in [6.45, 7) is 2.17. The van der Waals surface area contributed by atoms with Crippen molar-refractivity contribution in [2.75, 3.05) is 25.1 Å². The number of hydrogen-bond acceptors (Lipinski definition) is 6. The Balaban J connectivity index is 1.71. The van der Waals surface area contributed by atoms with Crippen LogP contribution in [0.15, 0.2) is 40.9 Å². The summed E-state index contributed by atoms with van der Waals surface area (Å²) in [6.07, 6.45) is 4.01. The van der Waals surface area contributed by atoms with Crippen LogP contribution in [0.3, 0.4) is 0 Å². The number of carbonyl (C=O) groups excluding carboxylic acids is 1. The highest BCUT2D eigenvalue weighted by molar-refractivity contribution is 5.88. The van der Waals surface area contributed by atoms with Gasteiger partial charge in [0.25, 0.3) is 0 Å². The molecule has 1 aliphatic rings. The van der Waals surface area contributed by atoms with Gasteiger partial charge in [0.15, 0.2) is 5.58 Å². The molecule has 6 nitrogen and oxygen atoms in total. The molecule has 2 aromatic heterocycles. The number of methoxy groups -OCH3 is 1. The molecule has 0 bridgehead atoms. The number of anilines is 1. The molecule has 0 radical (unpaired) electrons. The van der Waals surface area contributed by atoms with Crippen LogP contribution in [0.2, 0.25) is 0 Å². The van der Waals surface area contributed by atoms with Crippen LogP contribution in [0, 0.1) is 0 Å². The smallest absolute Gasteiger partial charge is 0.356 e. The number of pyridine rings is 1. The van der Waals surface area contributed by atoms with Gasteiger partial charge in [-0.25, -0.2) is 14.8 Å². The van der Waals surface area contributed by atoms with Crippen LogP contribution in [0.1, 0.15) is 23.3 Å². The number of esters is 1. The maximum atomic E-state index is 11.6. The van der Waals surface area contributed by atoms with Gasteiger partial charge in [0, 0.05) is 30.5 Å². The Labute approximate surface area is 139 Å². The van der Waals surface area contributed by atoms with Crippen LogP contribution in [0.5, 0.6) is 0 Å². The van der Waals surface area contributed by atoms with Gasteiger partial charge < -0.3 is 14.1 Å². The molecule has 1 fully saturated rings. The third-order valence-corrected chi connectivity index (χ3v) is 4.24. The molecule has 0 aliphatic carbocycles. The number of fused-ring (bicyclic) bond motifs is 1. The Morgan fingerprint density at radius 3 is 2.83 bits per heavy atom. The predicted molar refractivity (Wildman–Crippen MR) is 90.0 cm³/mol. The summed E-state index contributed by atoms with van der Waals surface area (Å²) in [5, 5.41) is 0. The lowest BCUT2D eigenvalue weighted by Crippen LogP contribution is -2.17. The number of nitrogens with zero attached hydrogens (tertiary/aromatic N) is 3. The molecule has 0 spiro atoms. The highest BCUT2D eigenvalue weighted by atomic mass is 16.5. The number of ether oxygens (including phenoxy) is 1. The summed E-state index contributed by atoms with van der Waals surface area (Å²) >= 11 is 0. The monoisotopic (exact) mass is 323 g/mol. The first-order valence-electron chi connectivity index (χ1n) is 7.95. The zero-order chi connectivity index (χ0) is 16.5. The molecule has 3 aromatic rings. The number of rotatable bonds is 3. The summed E-state index contributed by atoms with van der Waals surface area (Å²) in [5.41, 5.74) is 3.64. The zero-order valence-corrected chi connectivity index (χ0v) is 13.4. The van der Waals surface area contributed by atoms with Gasteiger partial charge in [-0.3, -0.25) is 0 Å². The van der Waals surface area contributed by atoms with Crippen LogP contribution in [-0.4, -0.2) is 36.1 Å². The molecule has 0 unspecified atom stereocenters. The first-order chi connectivity index (χ1) is 11.7. The van der Waals surface area contributed by atoms with Crippen LogP contribution < -0.4 is 4.90 Å². The van der Waals surface area contributed by atoms with E-state index in [-0.39, 0.29) is 5.69 Å². The summed E-state index contributed by atoms with van der Waals surface area (Å²) in [4.78, 5) is 22.5. The molecule has 6 heteroatoms. The van der Waals surface area contributed by atoms with Gasteiger partial charge in [0.2, 0.25) is 5.89 Å². The molecule has 1 aliphatic heterocycles. The lowest BCUT2D eigenvalue weighted by atomic mass is 10.2. The van der Waals surface area contributed by atoms with Crippen molar-refractivity contribution < 1.29 is 13.9 Å². The maximum absolute atomic E-state index is 11.6. The summed E-state index contributed by atoms with van der Waals surface area (Å²) in [7, 11) is 1.33. The van der Waals surface area contributed by atoms with Crippen molar-refractivity contribution in [1.29, 1.82) is 0 Å². The van der Waals surface area contributed by atoms with Crippen molar-refractivity contribution in [2.24, 2.45) is 0 Å². The van der Waals surface area contributed by atoms with E-state index in [9.17, 15) is 4.79 Å². The number of benzene rings is 1. The van der Waals surface area contributed by atoms with E-state index < -0.39 is 5.97 Å². The van der Waals surface area contributed by atoms with Crippen molar-refractivity contribution in [1.82, 2.24) is 9.97 Å². The summed E-state index contributed by atoms with van der Waals surface area (Å²) in [6, 6.07) is 9.45. The number of carbonyl (C=O) groups is 1. The highest BCUT2D eigenvalue weighted by Crippen LogP contribution is 2.29. The van der Waals surface area contributed by atoms with E-state index in [1.165, 1.54) is 25.6 Å². The average Bonchev–Trinajstić information content (AvgIpc) is 3.29. The van der Waals surface area contributed by atoms with Gasteiger partial charge in [0.1, 0.15) is 11.2 Å².